The first-order valence-corrected chi connectivity index (χ1v) is 10.9. The lowest BCUT2D eigenvalue weighted by molar-refractivity contribution is -0.137. The van der Waals surface area contributed by atoms with Gasteiger partial charge >= 0.3 is 6.18 Å². The monoisotopic (exact) mass is 495 g/mol. The number of fused-ring (bicyclic) bond motifs is 1. The van der Waals surface area contributed by atoms with E-state index in [9.17, 15) is 18.0 Å². The lowest BCUT2D eigenvalue weighted by Crippen LogP contribution is -2.07. The first-order chi connectivity index (χ1) is 17.2. The summed E-state index contributed by atoms with van der Waals surface area (Å²) in [5.41, 5.74) is 4.95. The minimum absolute atomic E-state index is 0.0366. The number of aromatic nitrogens is 1. The minimum atomic E-state index is -4.61. The molecule has 4 aromatic rings. The van der Waals surface area contributed by atoms with Gasteiger partial charge in [-0.2, -0.15) is 18.4 Å². The average molecular weight is 496 g/mol. The molecular formula is C27H24F3N3O3. The highest BCUT2D eigenvalue weighted by Crippen LogP contribution is 2.35. The zero-order valence-electron chi connectivity index (χ0n) is 19.8. The van der Waals surface area contributed by atoms with Gasteiger partial charge in [0.05, 0.1) is 22.7 Å². The largest absolute Gasteiger partial charge is 0.457 e. The van der Waals surface area contributed by atoms with E-state index < -0.39 is 17.3 Å². The number of Topliss-reactive ketones (excluding diaryl/α,β-unsaturated/α-hetero) is 1. The van der Waals surface area contributed by atoms with Crippen LogP contribution in [0.3, 0.4) is 0 Å². The van der Waals surface area contributed by atoms with E-state index in [-0.39, 0.29) is 17.9 Å². The number of ketones is 1. The summed E-state index contributed by atoms with van der Waals surface area (Å²) < 4.78 is 46.4. The third-order valence-electron chi connectivity index (χ3n) is 4.86. The van der Waals surface area contributed by atoms with Gasteiger partial charge < -0.3 is 15.0 Å². The predicted molar refractivity (Wildman–Crippen MR) is 131 cm³/mol. The number of hydrogen-bond donors (Lipinski definition) is 1. The molecule has 1 amide bonds. The maximum Gasteiger partial charge on any atom is 0.417 e. The zero-order chi connectivity index (χ0) is 26.9. The third kappa shape index (κ3) is 6.30. The molecule has 186 valence electrons. The summed E-state index contributed by atoms with van der Waals surface area (Å²) in [5.74, 6) is 0.490. The summed E-state index contributed by atoms with van der Waals surface area (Å²) in [7, 11) is 0. The summed E-state index contributed by atoms with van der Waals surface area (Å²) in [4.78, 5) is 20.6. The fourth-order valence-electron chi connectivity index (χ4n) is 3.41. The zero-order valence-corrected chi connectivity index (χ0v) is 19.8. The number of benzene rings is 3. The van der Waals surface area contributed by atoms with Gasteiger partial charge in [-0.05, 0) is 55.5 Å². The number of nitriles is 1. The summed E-state index contributed by atoms with van der Waals surface area (Å²) >= 11 is 0. The Morgan fingerprint density at radius 1 is 1.03 bits per heavy atom. The van der Waals surface area contributed by atoms with Crippen molar-refractivity contribution in [2.75, 3.05) is 0 Å². The molecule has 9 heteroatoms. The molecule has 2 N–H and O–H groups in total. The van der Waals surface area contributed by atoms with Crippen molar-refractivity contribution in [1.82, 2.24) is 4.57 Å². The van der Waals surface area contributed by atoms with Crippen molar-refractivity contribution in [2.45, 2.75) is 26.9 Å². The molecule has 0 atom stereocenters. The molecule has 0 aliphatic rings. The summed E-state index contributed by atoms with van der Waals surface area (Å²) in [6, 6.07) is 19.1. The number of amides is 1. The van der Waals surface area contributed by atoms with Crippen molar-refractivity contribution in [3.63, 3.8) is 0 Å². The van der Waals surface area contributed by atoms with Crippen LogP contribution in [0.4, 0.5) is 13.2 Å². The van der Waals surface area contributed by atoms with Gasteiger partial charge in [0.15, 0.2) is 5.78 Å². The van der Waals surface area contributed by atoms with Gasteiger partial charge in [-0.1, -0.05) is 32.0 Å². The van der Waals surface area contributed by atoms with Crippen LogP contribution in [-0.2, 0) is 11.0 Å². The van der Waals surface area contributed by atoms with Crippen molar-refractivity contribution in [2.24, 2.45) is 5.73 Å². The molecular weight excluding hydrogens is 471 g/mol. The number of carbonyl (C=O) groups is 2. The Balaban J connectivity index is 0.000000850. The van der Waals surface area contributed by atoms with Crippen LogP contribution in [0.15, 0.2) is 72.9 Å². The molecule has 1 heterocycles. The SMILES string of the molecule is CC.CC(=O)c1cn(-c2ccc(Oc3ccc(C(F)(F)F)c(C#N)c3)cc2)c2ccccc12.NC=O. The van der Waals surface area contributed by atoms with E-state index in [1.54, 1.807) is 36.5 Å². The highest BCUT2D eigenvalue weighted by atomic mass is 19.4. The van der Waals surface area contributed by atoms with Gasteiger partial charge in [-0.3, -0.25) is 9.59 Å². The number of ether oxygens (including phenoxy) is 1. The Morgan fingerprint density at radius 3 is 2.17 bits per heavy atom. The number of nitrogens with zero attached hydrogens (tertiary/aromatic N) is 2. The molecule has 4 rings (SSSR count). The maximum atomic E-state index is 12.9. The van der Waals surface area contributed by atoms with E-state index >= 15 is 0 Å². The molecule has 0 saturated carbocycles. The van der Waals surface area contributed by atoms with Crippen LogP contribution in [0.1, 0.15) is 42.3 Å². The van der Waals surface area contributed by atoms with Gasteiger partial charge in [0.1, 0.15) is 11.5 Å². The number of para-hydroxylation sites is 1. The van der Waals surface area contributed by atoms with Crippen molar-refractivity contribution < 1.29 is 27.5 Å². The molecule has 0 radical (unpaired) electrons. The van der Waals surface area contributed by atoms with E-state index in [2.05, 4.69) is 5.73 Å². The maximum absolute atomic E-state index is 12.9. The van der Waals surface area contributed by atoms with E-state index in [4.69, 9.17) is 14.8 Å². The van der Waals surface area contributed by atoms with Crippen LogP contribution < -0.4 is 10.5 Å². The summed E-state index contributed by atoms with van der Waals surface area (Å²) in [6.45, 7) is 5.52. The second kappa shape index (κ2) is 12.2. The second-order valence-corrected chi connectivity index (χ2v) is 7.04. The van der Waals surface area contributed by atoms with Crippen molar-refractivity contribution in [1.29, 1.82) is 5.26 Å². The van der Waals surface area contributed by atoms with Gasteiger partial charge in [0.25, 0.3) is 0 Å². The standard InChI is InChI=1S/C24H15F3N2O2.C2H6.CH3NO/c1-15(30)21-14-29(23-5-3-2-4-20(21)23)17-6-8-18(9-7-17)31-19-10-11-22(24(25,26)27)16(12-19)13-28;1-2;2-1-3/h2-12,14H,1H3;1-2H3;1H,(H2,2,3). The Bertz CT molecular complexity index is 1390. The van der Waals surface area contributed by atoms with E-state index in [1.807, 2.05) is 42.7 Å². The lowest BCUT2D eigenvalue weighted by atomic mass is 10.1. The first-order valence-electron chi connectivity index (χ1n) is 10.9. The minimum Gasteiger partial charge on any atom is -0.457 e. The number of halogens is 3. The number of carbonyl (C=O) groups excluding carboxylic acids is 2. The fraction of sp³-hybridized carbons (Fsp3) is 0.148. The first kappa shape index (κ1) is 27.7. The number of nitrogens with two attached hydrogens (primary N) is 1. The van der Waals surface area contributed by atoms with Crippen molar-refractivity contribution in [3.05, 3.63) is 89.6 Å². The van der Waals surface area contributed by atoms with Crippen LogP contribution >= 0.6 is 0 Å². The molecule has 0 aliphatic carbocycles. The normalized spacial score (nSPS) is 10.2. The number of rotatable bonds is 4. The quantitative estimate of drug-likeness (QED) is 0.253. The molecule has 3 aromatic carbocycles. The molecule has 0 aliphatic heterocycles. The van der Waals surface area contributed by atoms with Gasteiger partial charge in [0.2, 0.25) is 6.41 Å². The number of alkyl halides is 3. The van der Waals surface area contributed by atoms with E-state index in [0.717, 1.165) is 28.7 Å². The second-order valence-electron chi connectivity index (χ2n) is 7.04. The smallest absolute Gasteiger partial charge is 0.417 e. The predicted octanol–water partition coefficient (Wildman–Crippen LogP) is 6.64. The fourth-order valence-corrected chi connectivity index (χ4v) is 3.41. The van der Waals surface area contributed by atoms with Gasteiger partial charge in [0, 0.05) is 22.8 Å². The topological polar surface area (TPSA) is 98.1 Å². The molecule has 1 aromatic heterocycles. The molecule has 0 bridgehead atoms. The van der Waals surface area contributed by atoms with E-state index in [1.165, 1.54) is 13.0 Å². The Labute approximate surface area is 206 Å². The van der Waals surface area contributed by atoms with Crippen molar-refractivity contribution >= 4 is 23.1 Å². The Hall–Kier alpha value is -4.58. The van der Waals surface area contributed by atoms with Crippen LogP contribution in [0, 0.1) is 11.3 Å². The van der Waals surface area contributed by atoms with Crippen LogP contribution in [0.25, 0.3) is 16.6 Å². The van der Waals surface area contributed by atoms with E-state index in [0.29, 0.717) is 11.3 Å². The Kier molecular flexibility index (Phi) is 9.39. The third-order valence-corrected chi connectivity index (χ3v) is 4.86. The molecule has 0 fully saturated rings. The van der Waals surface area contributed by atoms with Crippen LogP contribution in [0.2, 0.25) is 0 Å². The van der Waals surface area contributed by atoms with Gasteiger partial charge in [-0.25, -0.2) is 0 Å². The molecule has 0 saturated heterocycles. The van der Waals surface area contributed by atoms with Crippen molar-refractivity contribution in [3.8, 4) is 23.3 Å². The summed E-state index contributed by atoms with van der Waals surface area (Å²) in [5, 5.41) is 9.88. The highest BCUT2D eigenvalue weighted by molar-refractivity contribution is 6.07. The van der Waals surface area contributed by atoms with Crippen LogP contribution in [-0.4, -0.2) is 16.8 Å². The van der Waals surface area contributed by atoms with Crippen LogP contribution in [0.5, 0.6) is 11.5 Å². The molecule has 6 nitrogen and oxygen atoms in total. The average Bonchev–Trinajstić information content (AvgIpc) is 3.26. The number of hydrogen-bond acceptors (Lipinski definition) is 4. The molecule has 0 unspecified atom stereocenters. The Morgan fingerprint density at radius 2 is 1.61 bits per heavy atom. The molecule has 0 spiro atoms. The van der Waals surface area contributed by atoms with Gasteiger partial charge in [-0.15, -0.1) is 0 Å². The highest BCUT2D eigenvalue weighted by Gasteiger charge is 2.33. The summed E-state index contributed by atoms with van der Waals surface area (Å²) in [6.07, 6.45) is -2.58. The molecule has 36 heavy (non-hydrogen) atoms. The number of primary amides is 1. The lowest BCUT2D eigenvalue weighted by Gasteiger charge is -2.12.